The minimum Gasteiger partial charge on any atom is -0.273 e. The van der Waals surface area contributed by atoms with Crippen LogP contribution in [0.3, 0.4) is 0 Å². The molecular weight excluding hydrogens is 322 g/mol. The number of hydrogen-bond donors (Lipinski definition) is 0. The zero-order valence-corrected chi connectivity index (χ0v) is 16.2. The quantitative estimate of drug-likeness (QED) is 0.311. The predicted molar refractivity (Wildman–Crippen MR) is 108 cm³/mol. The number of benzene rings is 1. The maximum atomic E-state index is 12.3. The summed E-state index contributed by atoms with van der Waals surface area (Å²) in [5.74, 6) is 0.0331. The normalized spacial score (nSPS) is 11.6. The topological polar surface area (TPSA) is 47.8 Å². The highest BCUT2D eigenvalue weighted by atomic mass is 16.2. The summed E-state index contributed by atoms with van der Waals surface area (Å²) in [6.07, 6.45) is 18.8. The molecule has 0 saturated heterocycles. The van der Waals surface area contributed by atoms with E-state index in [1.54, 1.807) is 0 Å². The van der Waals surface area contributed by atoms with Gasteiger partial charge in [0.05, 0.1) is 5.52 Å². The minimum atomic E-state index is 0.0331. The van der Waals surface area contributed by atoms with Crippen LogP contribution in [-0.4, -0.2) is 20.9 Å². The highest BCUT2D eigenvalue weighted by molar-refractivity contribution is 5.88. The fourth-order valence-corrected chi connectivity index (χ4v) is 3.15. The van der Waals surface area contributed by atoms with E-state index in [-0.39, 0.29) is 5.91 Å². The fourth-order valence-electron chi connectivity index (χ4n) is 3.15. The molecule has 0 bridgehead atoms. The zero-order chi connectivity index (χ0) is 18.5. The van der Waals surface area contributed by atoms with Crippen molar-refractivity contribution in [2.24, 2.45) is 0 Å². The number of unbranched alkanes of at least 4 members (excludes halogenated alkanes) is 9. The van der Waals surface area contributed by atoms with Crippen LogP contribution in [0.15, 0.2) is 36.4 Å². The van der Waals surface area contributed by atoms with Crippen LogP contribution in [0.5, 0.6) is 0 Å². The van der Waals surface area contributed by atoms with Crippen molar-refractivity contribution >= 4 is 16.9 Å². The van der Waals surface area contributed by atoms with E-state index in [2.05, 4.69) is 29.4 Å². The molecule has 2 aromatic rings. The molecule has 0 aliphatic rings. The van der Waals surface area contributed by atoms with Gasteiger partial charge in [-0.05, 0) is 44.2 Å². The molecule has 26 heavy (non-hydrogen) atoms. The lowest BCUT2D eigenvalue weighted by Crippen LogP contribution is -2.11. The third-order valence-electron chi connectivity index (χ3n) is 4.74. The Morgan fingerprint density at radius 1 is 0.923 bits per heavy atom. The van der Waals surface area contributed by atoms with Crippen LogP contribution in [0.1, 0.15) is 88.8 Å². The molecule has 0 aliphatic carbocycles. The van der Waals surface area contributed by atoms with E-state index in [4.69, 9.17) is 0 Å². The SMILES string of the molecule is CCCCCCCCC/C=C/CCCCC(=O)n1nnc2ccccc21. The Bertz CT molecular complexity index is 675. The first kappa shape index (κ1) is 20.3. The lowest BCUT2D eigenvalue weighted by atomic mass is 10.1. The van der Waals surface area contributed by atoms with Crippen molar-refractivity contribution < 1.29 is 4.79 Å². The van der Waals surface area contributed by atoms with Crippen LogP contribution in [0.2, 0.25) is 0 Å². The van der Waals surface area contributed by atoms with Crippen LogP contribution < -0.4 is 0 Å². The van der Waals surface area contributed by atoms with Crippen molar-refractivity contribution in [2.45, 2.75) is 84.0 Å². The molecule has 142 valence electrons. The second-order valence-electron chi connectivity index (χ2n) is 7.01. The lowest BCUT2D eigenvalue weighted by Gasteiger charge is -2.01. The summed E-state index contributed by atoms with van der Waals surface area (Å²) < 4.78 is 1.44. The number of rotatable bonds is 13. The van der Waals surface area contributed by atoms with E-state index in [0.717, 1.165) is 30.3 Å². The van der Waals surface area contributed by atoms with Crippen LogP contribution in [0.4, 0.5) is 0 Å². The summed E-state index contributed by atoms with van der Waals surface area (Å²) in [5.41, 5.74) is 1.57. The van der Waals surface area contributed by atoms with Crippen molar-refractivity contribution in [1.82, 2.24) is 15.0 Å². The number of nitrogens with zero attached hydrogens (tertiary/aromatic N) is 3. The molecule has 0 N–H and O–H groups in total. The fraction of sp³-hybridized carbons (Fsp3) is 0.591. The molecule has 1 aromatic heterocycles. The van der Waals surface area contributed by atoms with Gasteiger partial charge in [-0.3, -0.25) is 4.79 Å². The van der Waals surface area contributed by atoms with Gasteiger partial charge in [0.15, 0.2) is 0 Å². The van der Waals surface area contributed by atoms with Crippen molar-refractivity contribution in [3.63, 3.8) is 0 Å². The Balaban J connectivity index is 1.50. The smallest absolute Gasteiger partial charge is 0.248 e. The number of aromatic nitrogens is 3. The maximum Gasteiger partial charge on any atom is 0.248 e. The summed E-state index contributed by atoms with van der Waals surface area (Å²) in [5, 5.41) is 8.01. The Hall–Kier alpha value is -1.97. The molecular formula is C22H33N3O. The van der Waals surface area contributed by atoms with Crippen LogP contribution in [0.25, 0.3) is 11.0 Å². The van der Waals surface area contributed by atoms with Gasteiger partial charge in [-0.1, -0.05) is 74.9 Å². The third-order valence-corrected chi connectivity index (χ3v) is 4.74. The van der Waals surface area contributed by atoms with Gasteiger partial charge in [-0.25, -0.2) is 0 Å². The summed E-state index contributed by atoms with van der Waals surface area (Å²) in [6.45, 7) is 2.26. The molecule has 0 saturated carbocycles. The Labute approximate surface area is 157 Å². The first-order valence-corrected chi connectivity index (χ1v) is 10.3. The standard InChI is InChI=1S/C22H33N3O/c1-2-3-4-5-6-7-8-9-10-11-12-13-14-19-22(26)25-21-18-16-15-17-20(21)23-24-25/h10-11,15-18H,2-9,12-14,19H2,1H3/b11-10+. The van der Waals surface area contributed by atoms with Gasteiger partial charge in [0.25, 0.3) is 0 Å². The van der Waals surface area contributed by atoms with Crippen LogP contribution in [0, 0.1) is 0 Å². The van der Waals surface area contributed by atoms with E-state index in [1.807, 2.05) is 24.3 Å². The van der Waals surface area contributed by atoms with Crippen LogP contribution >= 0.6 is 0 Å². The van der Waals surface area contributed by atoms with Gasteiger partial charge in [0.1, 0.15) is 5.52 Å². The van der Waals surface area contributed by atoms with Gasteiger partial charge in [0.2, 0.25) is 5.91 Å². The monoisotopic (exact) mass is 355 g/mol. The van der Waals surface area contributed by atoms with Crippen molar-refractivity contribution in [3.8, 4) is 0 Å². The number of allylic oxidation sites excluding steroid dienone is 2. The lowest BCUT2D eigenvalue weighted by molar-refractivity contribution is 0.0886. The highest BCUT2D eigenvalue weighted by Crippen LogP contribution is 2.12. The average molecular weight is 356 g/mol. The summed E-state index contributed by atoms with van der Waals surface area (Å²) >= 11 is 0. The molecule has 2 rings (SSSR count). The molecule has 0 unspecified atom stereocenters. The first-order chi connectivity index (χ1) is 12.8. The number of carbonyl (C=O) groups is 1. The van der Waals surface area contributed by atoms with Gasteiger partial charge >= 0.3 is 0 Å². The predicted octanol–water partition coefficient (Wildman–Crippen LogP) is 6.33. The summed E-state index contributed by atoms with van der Waals surface area (Å²) in [6, 6.07) is 7.58. The van der Waals surface area contributed by atoms with Gasteiger partial charge in [0, 0.05) is 6.42 Å². The third kappa shape index (κ3) is 7.11. The Kier molecular flexibility index (Phi) is 9.70. The van der Waals surface area contributed by atoms with E-state index in [9.17, 15) is 4.79 Å². The molecule has 4 heteroatoms. The summed E-state index contributed by atoms with van der Waals surface area (Å²) in [7, 11) is 0. The Morgan fingerprint density at radius 3 is 2.35 bits per heavy atom. The zero-order valence-electron chi connectivity index (χ0n) is 16.2. The highest BCUT2D eigenvalue weighted by Gasteiger charge is 2.10. The van der Waals surface area contributed by atoms with Gasteiger partial charge in [-0.15, -0.1) is 5.10 Å². The number of para-hydroxylation sites is 1. The van der Waals surface area contributed by atoms with E-state index in [1.165, 1.54) is 56.0 Å². The first-order valence-electron chi connectivity index (χ1n) is 10.3. The van der Waals surface area contributed by atoms with Crippen molar-refractivity contribution in [3.05, 3.63) is 36.4 Å². The van der Waals surface area contributed by atoms with E-state index < -0.39 is 0 Å². The van der Waals surface area contributed by atoms with E-state index >= 15 is 0 Å². The molecule has 0 radical (unpaired) electrons. The molecule has 0 spiro atoms. The molecule has 0 fully saturated rings. The van der Waals surface area contributed by atoms with E-state index in [0.29, 0.717) is 6.42 Å². The molecule has 0 aliphatic heterocycles. The van der Waals surface area contributed by atoms with Crippen LogP contribution in [-0.2, 0) is 0 Å². The minimum absolute atomic E-state index is 0.0331. The van der Waals surface area contributed by atoms with Gasteiger partial charge in [-0.2, -0.15) is 4.68 Å². The summed E-state index contributed by atoms with van der Waals surface area (Å²) in [4.78, 5) is 12.3. The Morgan fingerprint density at radius 2 is 1.58 bits per heavy atom. The van der Waals surface area contributed by atoms with Gasteiger partial charge < -0.3 is 0 Å². The second kappa shape index (κ2) is 12.4. The number of carbonyl (C=O) groups excluding carboxylic acids is 1. The average Bonchev–Trinajstić information content (AvgIpc) is 3.09. The molecule has 0 amide bonds. The largest absolute Gasteiger partial charge is 0.273 e. The van der Waals surface area contributed by atoms with Crippen molar-refractivity contribution in [2.75, 3.05) is 0 Å². The molecule has 1 heterocycles. The number of fused-ring (bicyclic) bond motifs is 1. The molecule has 4 nitrogen and oxygen atoms in total. The molecule has 0 atom stereocenters. The second-order valence-corrected chi connectivity index (χ2v) is 7.01. The van der Waals surface area contributed by atoms with Crippen molar-refractivity contribution in [1.29, 1.82) is 0 Å². The molecule has 1 aromatic carbocycles. The number of hydrogen-bond acceptors (Lipinski definition) is 3. The maximum absolute atomic E-state index is 12.3.